The van der Waals surface area contributed by atoms with Gasteiger partial charge in [-0.15, -0.1) is 0 Å². The molecule has 1 N–H and O–H groups in total. The Morgan fingerprint density at radius 3 is 2.68 bits per heavy atom. The number of phenols is 1. The highest BCUT2D eigenvalue weighted by molar-refractivity contribution is 7.59. The largest absolute Gasteiger partial charge is 0.508 e. The Morgan fingerprint density at radius 1 is 1.32 bits per heavy atom. The molecule has 3 rings (SSSR count). The van der Waals surface area contributed by atoms with E-state index in [2.05, 4.69) is 28.4 Å². The van der Waals surface area contributed by atoms with Crippen molar-refractivity contribution in [2.24, 2.45) is 0 Å². The number of hydrogen-bond donors (Lipinski definition) is 1. The Bertz CT molecular complexity index is 1000. The van der Waals surface area contributed by atoms with Crippen LogP contribution >= 0.6 is 24.5 Å². The monoisotopic (exact) mass is 345 g/mol. The van der Waals surface area contributed by atoms with E-state index >= 15 is 0 Å². The van der Waals surface area contributed by atoms with Gasteiger partial charge < -0.3 is 22.6 Å². The Morgan fingerprint density at radius 2 is 2.05 bits per heavy atom. The van der Waals surface area contributed by atoms with Crippen LogP contribution in [0, 0.1) is 6.92 Å². The molecular weight excluding hydrogens is 318 g/mol. The van der Waals surface area contributed by atoms with Gasteiger partial charge >= 0.3 is 0 Å². The third-order valence-corrected chi connectivity index (χ3v) is 3.78. The molecule has 0 radical (unpaired) electrons. The lowest BCUT2D eigenvalue weighted by molar-refractivity contribution is 0.475. The van der Waals surface area contributed by atoms with Gasteiger partial charge in [0.1, 0.15) is 22.9 Å². The summed E-state index contributed by atoms with van der Waals surface area (Å²) in [7, 11) is 0. The highest BCUT2D eigenvalue weighted by Crippen LogP contribution is 2.36. The molecule has 0 unspecified atom stereocenters. The number of halogens is 1. The van der Waals surface area contributed by atoms with Gasteiger partial charge in [0.2, 0.25) is 0 Å². The Hall–Kier alpha value is -1.72. The lowest BCUT2D eigenvalue weighted by atomic mass is 10.0. The van der Waals surface area contributed by atoms with E-state index in [0.29, 0.717) is 5.15 Å². The third kappa shape index (κ3) is 2.78. The van der Waals surface area contributed by atoms with E-state index in [1.54, 1.807) is 12.1 Å². The van der Waals surface area contributed by atoms with Crippen LogP contribution in [0.3, 0.4) is 0 Å². The fourth-order valence-electron chi connectivity index (χ4n) is 2.58. The van der Waals surface area contributed by atoms with Gasteiger partial charge in [0.05, 0.1) is 12.1 Å². The first-order valence-corrected chi connectivity index (χ1v) is 7.17. The van der Waals surface area contributed by atoms with Crippen LogP contribution in [0.15, 0.2) is 30.7 Å². The molecule has 0 aliphatic rings. The van der Waals surface area contributed by atoms with Gasteiger partial charge in [-0.3, -0.25) is 0 Å². The maximum atomic E-state index is 9.84. The highest BCUT2D eigenvalue weighted by atomic mass is 35.5. The van der Waals surface area contributed by atoms with Gasteiger partial charge in [-0.05, 0) is 44.0 Å². The van der Waals surface area contributed by atoms with Crippen LogP contribution in [0.2, 0.25) is 5.15 Å². The number of nitrogens with zero attached hydrogens (tertiary/aromatic N) is 3. The minimum Gasteiger partial charge on any atom is -0.508 e. The molecule has 3 aromatic rings. The van der Waals surface area contributed by atoms with Crippen LogP contribution in [0.4, 0.5) is 0 Å². The minimum atomic E-state index is -5.97. The molecule has 0 spiro atoms. The number of fused-ring (bicyclic) bond motifs is 1. The van der Waals surface area contributed by atoms with E-state index in [1.807, 2.05) is 19.2 Å². The SMILES string of the molecule is Cc1cc(O)cc(-c2cn(C(C)C)c3ncnc(Cl)c23)c1.[2H]S([2H])([2H])([2H])([2H])[2H]. The van der Waals surface area contributed by atoms with Crippen molar-refractivity contribution >= 4 is 35.6 Å². The fraction of sp³-hybridized carbons (Fsp3) is 0.250. The van der Waals surface area contributed by atoms with Crippen molar-refractivity contribution in [1.82, 2.24) is 14.5 Å². The zero-order chi connectivity index (χ0) is 21.6. The van der Waals surface area contributed by atoms with Gasteiger partial charge in [-0.1, -0.05) is 17.7 Å². The molecule has 0 bridgehead atoms. The van der Waals surface area contributed by atoms with Gasteiger partial charge in [0.25, 0.3) is 0 Å². The van der Waals surface area contributed by atoms with Crippen LogP contribution in [-0.2, 0) is 0 Å². The number of hydrogen-bond acceptors (Lipinski definition) is 3. The topological polar surface area (TPSA) is 50.9 Å². The van der Waals surface area contributed by atoms with E-state index in [4.69, 9.17) is 18.3 Å². The van der Waals surface area contributed by atoms with E-state index in [9.17, 15) is 5.11 Å². The number of aromatic nitrogens is 3. The first-order valence-electron chi connectivity index (χ1n) is 9.24. The second kappa shape index (κ2) is 6.18. The van der Waals surface area contributed by atoms with Crippen molar-refractivity contribution in [3.8, 4) is 16.9 Å². The first kappa shape index (κ1) is 10.1. The molecule has 0 amide bonds. The summed E-state index contributed by atoms with van der Waals surface area (Å²) < 4.78 is 38.7. The second-order valence-electron chi connectivity index (χ2n) is 5.46. The molecule has 2 heterocycles. The molecular formula is C16H22ClN3OS. The number of benzene rings is 1. The highest BCUT2D eigenvalue weighted by Gasteiger charge is 2.17. The molecule has 0 aliphatic carbocycles. The zero-order valence-electron chi connectivity index (χ0n) is 18.5. The second-order valence-corrected chi connectivity index (χ2v) is 5.82. The van der Waals surface area contributed by atoms with Crippen LogP contribution in [0.25, 0.3) is 22.2 Å². The molecule has 6 heteroatoms. The van der Waals surface area contributed by atoms with E-state index in [0.717, 1.165) is 27.7 Å². The summed E-state index contributed by atoms with van der Waals surface area (Å²) in [6, 6.07) is 5.73. The Balaban J connectivity index is 0.000000345. The molecule has 0 aliphatic heterocycles. The standard InChI is InChI=1S/C16H16ClN3O.H6S/c1-9(2)20-7-13(11-4-10(3)5-12(21)6-11)14-15(17)18-8-19-16(14)20;/h4-9,21H,1-3H3;1H6/i;1D6. The molecule has 0 fully saturated rings. The van der Waals surface area contributed by atoms with Crippen molar-refractivity contribution in [2.45, 2.75) is 26.8 Å². The average Bonchev–Trinajstić information content (AvgIpc) is 2.84. The van der Waals surface area contributed by atoms with Crippen molar-refractivity contribution in [1.29, 1.82) is 6.74 Å². The molecule has 1 aromatic carbocycles. The van der Waals surface area contributed by atoms with Gasteiger partial charge in [-0.2, -0.15) is 0 Å². The van der Waals surface area contributed by atoms with E-state index in [1.165, 1.54) is 6.33 Å². The maximum Gasteiger partial charge on any atom is 0.145 e. The van der Waals surface area contributed by atoms with Crippen LogP contribution in [-0.4, -0.2) is 26.4 Å². The van der Waals surface area contributed by atoms with Crippen molar-refractivity contribution in [3.05, 3.63) is 41.4 Å². The summed E-state index contributed by atoms with van der Waals surface area (Å²) in [5, 5.41) is 11.1. The molecule has 0 saturated carbocycles. The van der Waals surface area contributed by atoms with Gasteiger partial charge in [-0.25, -0.2) is 9.97 Å². The summed E-state index contributed by atoms with van der Waals surface area (Å²) in [6.07, 6.45) is 3.49. The number of phenolic OH excluding ortho intramolecular Hbond substituents is 1. The normalized spacial score (nSPS) is 18.6. The lowest BCUT2D eigenvalue weighted by Gasteiger charge is -2.07. The smallest absolute Gasteiger partial charge is 0.145 e. The van der Waals surface area contributed by atoms with E-state index < -0.39 is 12.9 Å². The molecule has 0 atom stereocenters. The predicted molar refractivity (Wildman–Crippen MR) is 101 cm³/mol. The first-order chi connectivity index (χ1) is 12.4. The summed E-state index contributed by atoms with van der Waals surface area (Å²) >= 11 is 0.311. The van der Waals surface area contributed by atoms with Crippen molar-refractivity contribution in [2.75, 3.05) is 0 Å². The lowest BCUT2D eigenvalue weighted by Crippen LogP contribution is -1.99. The maximum absolute atomic E-state index is 9.84. The summed E-state index contributed by atoms with van der Waals surface area (Å²) in [5.74, 6) is 0.239. The van der Waals surface area contributed by atoms with Crippen LogP contribution in [0.5, 0.6) is 5.75 Å². The quantitative estimate of drug-likeness (QED) is 0.724. The number of rotatable bonds is 2. The zero-order valence-corrected chi connectivity index (χ0v) is 14.1. The number of aryl methyl sites for hydroxylation is 1. The minimum absolute atomic E-state index is 0.239. The summed E-state index contributed by atoms with van der Waals surface area (Å²) in [4.78, 5) is 8.45. The van der Waals surface area contributed by atoms with Crippen molar-refractivity contribution < 1.29 is 5.11 Å². The Labute approximate surface area is 147 Å². The van der Waals surface area contributed by atoms with Crippen LogP contribution < -0.4 is 0 Å². The number of aromatic hydroxyl groups is 1. The van der Waals surface area contributed by atoms with Gasteiger partial charge in [0, 0.05) is 17.8 Å². The molecule has 120 valence electrons. The molecule has 2 aromatic heterocycles. The fourth-order valence-corrected chi connectivity index (χ4v) is 2.81. The predicted octanol–water partition coefficient (Wildman–Crippen LogP) is 3.39. The molecule has 4 nitrogen and oxygen atoms in total. The van der Waals surface area contributed by atoms with Crippen molar-refractivity contribution in [3.63, 3.8) is 0 Å². The van der Waals surface area contributed by atoms with Gasteiger partial charge in [0.15, 0.2) is 0 Å². The Kier molecular flexibility index (Phi) is 2.85. The molecule has 0 saturated heterocycles. The van der Waals surface area contributed by atoms with E-state index in [-0.39, 0.29) is 11.8 Å². The third-order valence-electron chi connectivity index (χ3n) is 3.49. The summed E-state index contributed by atoms with van der Waals surface area (Å²) in [5.41, 5.74) is 3.64. The summed E-state index contributed by atoms with van der Waals surface area (Å²) in [6.45, 7) is 6.13. The average molecular weight is 346 g/mol. The van der Waals surface area contributed by atoms with Crippen LogP contribution in [0.1, 0.15) is 25.5 Å². The molecule has 22 heavy (non-hydrogen) atoms.